The van der Waals surface area contributed by atoms with Gasteiger partial charge in [-0.05, 0) is 98.0 Å². The molecule has 1 aromatic heterocycles. The number of rotatable bonds is 2. The summed E-state index contributed by atoms with van der Waals surface area (Å²) >= 11 is 0. The van der Waals surface area contributed by atoms with E-state index in [0.29, 0.717) is 17.9 Å². The predicted molar refractivity (Wildman–Crippen MR) is 133 cm³/mol. The Morgan fingerprint density at radius 2 is 2.00 bits per heavy atom. The van der Waals surface area contributed by atoms with Gasteiger partial charge >= 0.3 is 0 Å². The Kier molecular flexibility index (Phi) is 4.08. The second kappa shape index (κ2) is 6.67. The van der Waals surface area contributed by atoms with Crippen LogP contribution in [-0.4, -0.2) is 41.2 Å². The number of pyridine rings is 1. The lowest BCUT2D eigenvalue weighted by molar-refractivity contribution is -0.132. The van der Waals surface area contributed by atoms with Crippen molar-refractivity contribution in [2.45, 2.75) is 68.6 Å². The summed E-state index contributed by atoms with van der Waals surface area (Å²) in [6.45, 7) is 2.56. The Labute approximate surface area is 197 Å². The highest BCUT2D eigenvalue weighted by Crippen LogP contribution is 2.69. The second-order valence-corrected chi connectivity index (χ2v) is 11.7. The van der Waals surface area contributed by atoms with Gasteiger partial charge in [0.05, 0.1) is 11.2 Å². The Hall–Kier alpha value is -2.23. The molecule has 1 saturated carbocycles. The predicted octanol–water partition coefficient (Wildman–Crippen LogP) is 6.18. The highest BCUT2D eigenvalue weighted by Gasteiger charge is 2.66. The Morgan fingerprint density at radius 1 is 1.09 bits per heavy atom. The third-order valence-corrected chi connectivity index (χ3v) is 10.1. The monoisotopic (exact) mass is 438 g/mol. The van der Waals surface area contributed by atoms with Crippen molar-refractivity contribution in [3.63, 3.8) is 0 Å². The SMILES string of the molecule is CN(C)C1C=CC2=CC3=CCC4(C)C(c5cccc6ccncc56)CCC4C34CCC2(C1)O4. The van der Waals surface area contributed by atoms with E-state index in [1.165, 1.54) is 40.3 Å². The molecule has 170 valence electrons. The molecule has 6 unspecified atom stereocenters. The molecule has 5 aliphatic rings. The van der Waals surface area contributed by atoms with Crippen LogP contribution < -0.4 is 0 Å². The first-order valence-electron chi connectivity index (χ1n) is 12.8. The van der Waals surface area contributed by atoms with Gasteiger partial charge in [-0.1, -0.05) is 49.4 Å². The van der Waals surface area contributed by atoms with Crippen molar-refractivity contribution in [3.8, 4) is 0 Å². The third kappa shape index (κ3) is 2.56. The molecule has 1 saturated heterocycles. The lowest BCUT2D eigenvalue weighted by Gasteiger charge is -2.54. The zero-order valence-electron chi connectivity index (χ0n) is 20.1. The number of ether oxygens (including phenoxy) is 1. The fourth-order valence-electron chi connectivity index (χ4n) is 8.35. The molecule has 3 heteroatoms. The van der Waals surface area contributed by atoms with Gasteiger partial charge in [0, 0.05) is 23.8 Å². The second-order valence-electron chi connectivity index (χ2n) is 11.7. The number of hydrogen-bond acceptors (Lipinski definition) is 3. The highest BCUT2D eigenvalue weighted by atomic mass is 16.5. The summed E-state index contributed by atoms with van der Waals surface area (Å²) in [4.78, 5) is 6.82. The largest absolute Gasteiger partial charge is 0.359 e. The molecule has 33 heavy (non-hydrogen) atoms. The van der Waals surface area contributed by atoms with Gasteiger partial charge in [0.1, 0.15) is 0 Å². The molecule has 2 bridgehead atoms. The van der Waals surface area contributed by atoms with Crippen LogP contribution in [0.1, 0.15) is 56.9 Å². The summed E-state index contributed by atoms with van der Waals surface area (Å²) in [6, 6.07) is 9.44. The van der Waals surface area contributed by atoms with Gasteiger partial charge in [-0.2, -0.15) is 0 Å². The molecular formula is C30H34N2O. The Balaban J connectivity index is 1.32. The molecule has 0 amide bonds. The first kappa shape index (κ1) is 20.2. The van der Waals surface area contributed by atoms with Crippen molar-refractivity contribution < 1.29 is 4.74 Å². The maximum absolute atomic E-state index is 7.38. The van der Waals surface area contributed by atoms with Crippen molar-refractivity contribution in [3.05, 3.63) is 77.7 Å². The molecule has 7 rings (SSSR count). The molecule has 2 aliphatic heterocycles. The van der Waals surface area contributed by atoms with Gasteiger partial charge in [-0.15, -0.1) is 0 Å². The number of aromatic nitrogens is 1. The van der Waals surface area contributed by atoms with Gasteiger partial charge in [-0.25, -0.2) is 0 Å². The molecule has 2 spiro atoms. The summed E-state index contributed by atoms with van der Waals surface area (Å²) < 4.78 is 7.38. The van der Waals surface area contributed by atoms with Gasteiger partial charge in [0.15, 0.2) is 0 Å². The van der Waals surface area contributed by atoms with Crippen molar-refractivity contribution in [1.29, 1.82) is 0 Å². The molecule has 1 aromatic carbocycles. The van der Waals surface area contributed by atoms with Gasteiger partial charge in [0.2, 0.25) is 0 Å². The third-order valence-electron chi connectivity index (χ3n) is 10.1. The molecule has 3 heterocycles. The smallest absolute Gasteiger partial charge is 0.0975 e. The first-order valence-corrected chi connectivity index (χ1v) is 12.8. The van der Waals surface area contributed by atoms with Crippen molar-refractivity contribution in [2.75, 3.05) is 14.1 Å². The van der Waals surface area contributed by atoms with E-state index in [1.54, 1.807) is 0 Å². The minimum atomic E-state index is -0.101. The zero-order valence-corrected chi connectivity index (χ0v) is 20.1. The maximum Gasteiger partial charge on any atom is 0.0975 e. The number of benzene rings is 1. The molecule has 2 fully saturated rings. The molecular weight excluding hydrogens is 404 g/mol. The number of fused-ring (bicyclic) bond motifs is 2. The minimum absolute atomic E-state index is 0.0965. The van der Waals surface area contributed by atoms with E-state index in [0.717, 1.165) is 25.7 Å². The molecule has 3 aliphatic carbocycles. The normalized spacial score (nSPS) is 40.9. The number of nitrogens with zero attached hydrogens (tertiary/aromatic N) is 2. The van der Waals surface area contributed by atoms with E-state index >= 15 is 0 Å². The van der Waals surface area contributed by atoms with E-state index in [-0.39, 0.29) is 16.6 Å². The first-order chi connectivity index (χ1) is 16.0. The van der Waals surface area contributed by atoms with E-state index in [1.807, 2.05) is 6.20 Å². The quantitative estimate of drug-likeness (QED) is 0.560. The molecule has 3 nitrogen and oxygen atoms in total. The van der Waals surface area contributed by atoms with E-state index in [9.17, 15) is 0 Å². The lowest BCUT2D eigenvalue weighted by Crippen LogP contribution is -2.54. The lowest BCUT2D eigenvalue weighted by atomic mass is 9.58. The Morgan fingerprint density at radius 3 is 2.88 bits per heavy atom. The number of likely N-dealkylation sites (N-methyl/N-ethyl adjacent to an activating group) is 1. The van der Waals surface area contributed by atoms with E-state index < -0.39 is 0 Å². The van der Waals surface area contributed by atoms with Crippen molar-refractivity contribution >= 4 is 10.8 Å². The molecule has 6 atom stereocenters. The standard InChI is InChI=1S/C30H34N2O/c1-28-13-11-22-17-21-7-8-23(32(2)3)18-29(21)14-15-30(22,33-29)27(28)10-9-26(28)24-6-4-5-20-12-16-31-19-25(20)24/h4-8,11-12,16-17,19,23,26-27H,9-10,13-15,18H2,1-3H3. The van der Waals surface area contributed by atoms with E-state index in [4.69, 9.17) is 4.74 Å². The molecule has 2 aromatic rings. The van der Waals surface area contributed by atoms with Gasteiger partial charge in [0.25, 0.3) is 0 Å². The van der Waals surface area contributed by atoms with Crippen LogP contribution in [0.2, 0.25) is 0 Å². The minimum Gasteiger partial charge on any atom is -0.359 e. The summed E-state index contributed by atoms with van der Waals surface area (Å²) in [5.41, 5.74) is 4.40. The fourth-order valence-corrected chi connectivity index (χ4v) is 8.35. The van der Waals surface area contributed by atoms with Gasteiger partial charge < -0.3 is 9.64 Å². The number of hydrogen-bond donors (Lipinski definition) is 0. The van der Waals surface area contributed by atoms with E-state index in [2.05, 4.69) is 85.7 Å². The summed E-state index contributed by atoms with van der Waals surface area (Å²) in [5, 5.41) is 2.64. The van der Waals surface area contributed by atoms with Crippen LogP contribution >= 0.6 is 0 Å². The summed E-state index contributed by atoms with van der Waals surface area (Å²) in [5.74, 6) is 1.12. The molecule has 0 radical (unpaired) electrons. The Bertz CT molecular complexity index is 1240. The summed E-state index contributed by atoms with van der Waals surface area (Å²) in [6.07, 6.45) is 20.8. The van der Waals surface area contributed by atoms with Crippen LogP contribution in [0.3, 0.4) is 0 Å². The fraction of sp³-hybridized carbons (Fsp3) is 0.500. The maximum atomic E-state index is 7.38. The van der Waals surface area contributed by atoms with Crippen molar-refractivity contribution in [1.82, 2.24) is 9.88 Å². The van der Waals surface area contributed by atoms with Crippen molar-refractivity contribution in [2.24, 2.45) is 11.3 Å². The van der Waals surface area contributed by atoms with Crippen LogP contribution in [-0.2, 0) is 4.74 Å². The molecule has 0 N–H and O–H groups in total. The highest BCUT2D eigenvalue weighted by molar-refractivity contribution is 5.85. The van der Waals surface area contributed by atoms with Crippen LogP contribution in [0.15, 0.2) is 72.1 Å². The van der Waals surface area contributed by atoms with Crippen LogP contribution in [0, 0.1) is 11.3 Å². The van der Waals surface area contributed by atoms with Crippen LogP contribution in [0.5, 0.6) is 0 Å². The zero-order chi connectivity index (χ0) is 22.4. The topological polar surface area (TPSA) is 25.4 Å². The summed E-state index contributed by atoms with van der Waals surface area (Å²) in [7, 11) is 4.38. The van der Waals surface area contributed by atoms with Crippen LogP contribution in [0.25, 0.3) is 10.8 Å². The van der Waals surface area contributed by atoms with Crippen LogP contribution in [0.4, 0.5) is 0 Å². The van der Waals surface area contributed by atoms with Gasteiger partial charge in [-0.3, -0.25) is 4.98 Å². The average molecular weight is 439 g/mol. The number of allylic oxidation sites excluding steroid dienone is 1. The average Bonchev–Trinajstić information content (AvgIpc) is 3.33.